The van der Waals surface area contributed by atoms with Gasteiger partial charge < -0.3 is 8.98 Å². The van der Waals surface area contributed by atoms with Crippen molar-refractivity contribution in [2.75, 3.05) is 0 Å². The molecule has 13 rings (SSSR count). The molecule has 0 N–H and O–H groups in total. The molecule has 7 aromatic carbocycles. The number of allylic oxidation sites excluding steroid dienone is 9. The average molecular weight is 974 g/mol. The zero-order valence-electron chi connectivity index (χ0n) is 44.2. The Morgan fingerprint density at radius 2 is 1.21 bits per heavy atom. The molecule has 0 spiro atoms. The monoisotopic (exact) mass is 974 g/mol. The van der Waals surface area contributed by atoms with Crippen molar-refractivity contribution < 1.29 is 4.42 Å². The Hall–Kier alpha value is -8.20. The van der Waals surface area contributed by atoms with Crippen molar-refractivity contribution in [3.63, 3.8) is 0 Å². The van der Waals surface area contributed by atoms with Crippen LogP contribution in [0.3, 0.4) is 0 Å². The van der Waals surface area contributed by atoms with Crippen molar-refractivity contribution in [3.05, 3.63) is 286 Å². The maximum absolute atomic E-state index is 6.25. The first kappa shape index (κ1) is 49.0. The van der Waals surface area contributed by atoms with E-state index in [1.54, 1.807) is 0 Å². The number of furan rings is 1. The number of hydrogen-bond acceptors (Lipinski definition) is 1. The van der Waals surface area contributed by atoms with E-state index in [4.69, 9.17) is 4.42 Å². The van der Waals surface area contributed by atoms with Gasteiger partial charge in [-0.1, -0.05) is 226 Å². The number of rotatable bonds is 8. The van der Waals surface area contributed by atoms with E-state index >= 15 is 0 Å². The molecule has 0 aliphatic heterocycles. The Morgan fingerprint density at radius 3 is 1.92 bits per heavy atom. The van der Waals surface area contributed by atoms with Crippen LogP contribution in [0.15, 0.2) is 229 Å². The molecule has 4 aliphatic rings. The lowest BCUT2D eigenvalue weighted by atomic mass is 9.66. The van der Waals surface area contributed by atoms with E-state index in [9.17, 15) is 0 Å². The molecule has 2 heteroatoms. The molecule has 0 saturated carbocycles. The smallest absolute Gasteiger partial charge is 0.136 e. The van der Waals surface area contributed by atoms with Crippen LogP contribution in [0.1, 0.15) is 113 Å². The maximum atomic E-state index is 6.25. The van der Waals surface area contributed by atoms with Gasteiger partial charge in [0.1, 0.15) is 11.5 Å². The summed E-state index contributed by atoms with van der Waals surface area (Å²) in [7, 11) is 0. The highest BCUT2D eigenvalue weighted by molar-refractivity contribution is 5.96. The largest absolute Gasteiger partial charge is 0.456 e. The van der Waals surface area contributed by atoms with Gasteiger partial charge in [-0.3, -0.25) is 0 Å². The van der Waals surface area contributed by atoms with Crippen LogP contribution < -0.4 is 0 Å². The molecule has 0 amide bonds. The second kappa shape index (κ2) is 21.3. The minimum atomic E-state index is -0.212. The van der Waals surface area contributed by atoms with E-state index in [0.717, 1.165) is 42.9 Å². The van der Waals surface area contributed by atoms with Crippen LogP contribution in [-0.2, 0) is 11.8 Å². The topological polar surface area (TPSA) is 18.1 Å². The van der Waals surface area contributed by atoms with Gasteiger partial charge in [-0.2, -0.15) is 0 Å². The highest BCUT2D eigenvalue weighted by atomic mass is 16.3. The first-order valence-corrected chi connectivity index (χ1v) is 27.1. The summed E-state index contributed by atoms with van der Waals surface area (Å²) in [6, 6.07) is 62.1. The molecule has 0 fully saturated rings. The predicted molar refractivity (Wildman–Crippen MR) is 320 cm³/mol. The summed E-state index contributed by atoms with van der Waals surface area (Å²) in [5.41, 5.74) is 24.5. The Morgan fingerprint density at radius 1 is 0.573 bits per heavy atom. The van der Waals surface area contributed by atoms with E-state index in [2.05, 4.69) is 264 Å². The highest BCUT2D eigenvalue weighted by Gasteiger charge is 2.46. The van der Waals surface area contributed by atoms with E-state index < -0.39 is 0 Å². The van der Waals surface area contributed by atoms with Crippen molar-refractivity contribution in [1.82, 2.24) is 4.57 Å². The van der Waals surface area contributed by atoms with Crippen molar-refractivity contribution in [2.45, 2.75) is 84.5 Å². The van der Waals surface area contributed by atoms with Crippen LogP contribution in [0.4, 0.5) is 0 Å². The number of benzene rings is 7. The lowest BCUT2D eigenvalue weighted by molar-refractivity contribution is 0.542. The Bertz CT molecular complexity index is 3690. The summed E-state index contributed by atoms with van der Waals surface area (Å²) in [6.07, 6.45) is 26.7. The molecule has 75 heavy (non-hydrogen) atoms. The molecule has 370 valence electrons. The fourth-order valence-corrected chi connectivity index (χ4v) is 11.9. The Balaban J connectivity index is 0.000000130. The Kier molecular flexibility index (Phi) is 13.9. The first-order chi connectivity index (χ1) is 36.7. The standard InChI is InChI=1S/C32H27NO.C26H22.C15H18/c1-4-29-31(27-10-6-8-12-30(27)34-29)32-22(3)26-9-5-7-11-28(26)33(32)25-19-17-24(18-20-25)23-15-13-21(2)14-16-23;1-19-16-17-23-22-14-8-9-15-24(22)26(25(23)18-19,20-10-4-2-5-11-20)21-12-6-3-7-13-21;1-12(2)13-8-10-15(11-9-13)14-6-4-3-5-7-14/h4-5,7-9,11-20H,1,6,10H2,2-3H3;2,4-6,8-18H,3,7H2,1H3;4,6-12H,3,5H2,1-2H3. The Labute approximate surface area is 445 Å². The lowest BCUT2D eigenvalue weighted by Gasteiger charge is -2.35. The van der Waals surface area contributed by atoms with Crippen molar-refractivity contribution in [2.24, 2.45) is 0 Å². The van der Waals surface area contributed by atoms with E-state index in [1.807, 2.05) is 6.08 Å². The first-order valence-electron chi connectivity index (χ1n) is 27.1. The fraction of sp³-hybridized carbons (Fsp3) is 0.178. The summed E-state index contributed by atoms with van der Waals surface area (Å²) >= 11 is 0. The van der Waals surface area contributed by atoms with Gasteiger partial charge >= 0.3 is 0 Å². The van der Waals surface area contributed by atoms with Gasteiger partial charge in [0.25, 0.3) is 0 Å². The third-order valence-electron chi connectivity index (χ3n) is 15.7. The molecule has 0 saturated heterocycles. The van der Waals surface area contributed by atoms with Crippen LogP contribution in [0.5, 0.6) is 0 Å². The van der Waals surface area contributed by atoms with Crippen LogP contribution in [0.25, 0.3) is 67.8 Å². The van der Waals surface area contributed by atoms with Gasteiger partial charge in [0.05, 0.1) is 16.6 Å². The second-order valence-electron chi connectivity index (χ2n) is 20.8. The fourth-order valence-electron chi connectivity index (χ4n) is 11.9. The number of fused-ring (bicyclic) bond motifs is 5. The zero-order chi connectivity index (χ0) is 51.5. The summed E-state index contributed by atoms with van der Waals surface area (Å²) in [5, 5.41) is 1.26. The number of aryl methyl sites for hydroxylation is 3. The van der Waals surface area contributed by atoms with Gasteiger partial charge in [0, 0.05) is 22.2 Å². The van der Waals surface area contributed by atoms with Crippen molar-refractivity contribution in [1.29, 1.82) is 0 Å². The van der Waals surface area contributed by atoms with E-state index in [-0.39, 0.29) is 5.41 Å². The number of para-hydroxylation sites is 1. The quantitative estimate of drug-likeness (QED) is 0.148. The average Bonchev–Trinajstić information content (AvgIpc) is 4.13. The third kappa shape index (κ3) is 9.29. The van der Waals surface area contributed by atoms with Gasteiger partial charge in [-0.25, -0.2) is 0 Å². The number of aromatic nitrogens is 1. The summed E-state index contributed by atoms with van der Waals surface area (Å²) < 4.78 is 8.64. The molecule has 2 aromatic heterocycles. The summed E-state index contributed by atoms with van der Waals surface area (Å²) in [6.45, 7) is 15.1. The van der Waals surface area contributed by atoms with Gasteiger partial charge in [0.2, 0.25) is 0 Å². The van der Waals surface area contributed by atoms with Crippen LogP contribution in [-0.4, -0.2) is 4.57 Å². The third-order valence-corrected chi connectivity index (χ3v) is 15.7. The van der Waals surface area contributed by atoms with Crippen LogP contribution in [0, 0.1) is 20.8 Å². The predicted octanol–water partition coefficient (Wildman–Crippen LogP) is 19.9. The molecule has 4 aliphatic carbocycles. The molecule has 1 atom stereocenters. The van der Waals surface area contributed by atoms with Gasteiger partial charge in [0.15, 0.2) is 0 Å². The van der Waals surface area contributed by atoms with Gasteiger partial charge in [-0.05, 0) is 162 Å². The molecule has 2 heterocycles. The lowest BCUT2D eigenvalue weighted by Crippen LogP contribution is -2.29. The minimum absolute atomic E-state index is 0.212. The molecule has 1 unspecified atom stereocenters. The second-order valence-corrected chi connectivity index (χ2v) is 20.8. The molecule has 0 radical (unpaired) electrons. The molecular weight excluding hydrogens is 907 g/mol. The summed E-state index contributed by atoms with van der Waals surface area (Å²) in [4.78, 5) is 0. The molecule has 0 bridgehead atoms. The molecule has 2 nitrogen and oxygen atoms in total. The van der Waals surface area contributed by atoms with Crippen molar-refractivity contribution in [3.8, 4) is 39.2 Å². The van der Waals surface area contributed by atoms with Gasteiger partial charge in [-0.15, -0.1) is 0 Å². The van der Waals surface area contributed by atoms with E-state index in [0.29, 0.717) is 5.92 Å². The van der Waals surface area contributed by atoms with E-state index in [1.165, 1.54) is 118 Å². The molecular formula is C73H67NO. The van der Waals surface area contributed by atoms with Crippen molar-refractivity contribution >= 4 is 28.6 Å². The number of hydrogen-bond donors (Lipinski definition) is 0. The maximum Gasteiger partial charge on any atom is 0.136 e. The summed E-state index contributed by atoms with van der Waals surface area (Å²) in [5.74, 6) is 2.43. The molecule has 9 aromatic rings. The zero-order valence-corrected chi connectivity index (χ0v) is 44.2. The minimum Gasteiger partial charge on any atom is -0.456 e. The normalized spacial score (nSPS) is 16.0. The van der Waals surface area contributed by atoms with Crippen LogP contribution >= 0.6 is 0 Å². The highest BCUT2D eigenvalue weighted by Crippen LogP contribution is 2.57. The van der Waals surface area contributed by atoms with Crippen LogP contribution in [0.2, 0.25) is 0 Å². The number of nitrogens with zero attached hydrogens (tertiary/aromatic N) is 1. The SMILES string of the molecule is C=Cc1oc2c(c1-c1c(C)c3ccccc3n1-c1ccc(-c3ccc(C)cc3)cc1)CCC=C2.CC(C)c1ccc(C2=CCCC=C2)cc1.Cc1ccc2c(c1)C(C1=CCCC=C1)(c1ccccc1)c1ccccc1-2.